The molecule has 0 spiro atoms. The van der Waals surface area contributed by atoms with Crippen LogP contribution in [0.4, 0.5) is 0 Å². The molecule has 2 aliphatic heterocycles. The molecule has 5 rings (SSSR count). The van der Waals surface area contributed by atoms with E-state index in [1.807, 2.05) is 0 Å². The summed E-state index contributed by atoms with van der Waals surface area (Å²) in [5, 5.41) is 15.5. The van der Waals surface area contributed by atoms with Gasteiger partial charge in [0, 0.05) is 24.4 Å². The minimum absolute atomic E-state index is 0.0411. The normalized spacial score (nSPS) is 24.5. The maximum atomic E-state index is 14.2. The van der Waals surface area contributed by atoms with E-state index in [2.05, 4.69) is 10.6 Å². The monoisotopic (exact) mass is 606 g/mol. The first kappa shape index (κ1) is 30.2. The first-order valence-electron chi connectivity index (χ1n) is 13.9. The first-order valence-corrected chi connectivity index (χ1v) is 15.4. The highest BCUT2D eigenvalue weighted by atomic mass is 31.2. The number of methoxy groups -OCH3 is 1. The number of Topliss-reactive ketones (excluding diaryl/α,β-unsaturated/α-hetero) is 1. The molecular weight excluding hydrogens is 571 g/mol. The smallest absolute Gasteiger partial charge is 0.471 e. The summed E-state index contributed by atoms with van der Waals surface area (Å²) in [5.41, 5.74) is 0.487. The Balaban J connectivity index is 1.47. The molecule has 228 valence electrons. The molecule has 5 unspecified atom stereocenters. The Morgan fingerprint density at radius 3 is 2.67 bits per heavy atom. The standard InChI is InChI=1S/C27H35N4O10P/c1-40-23-7-3-6-20-18(23)11-21(31(20)14-41-42(37,38)39)27(36)30-12-16-4-2-5-17(16)24(30)26(35)29-19(22(33)13-32)10-15-8-9-28-25(15)34/h3,6-7,11,15-17,19,24,32H,2,4-5,8-10,12-14H2,1H3,(H,28,34)(H,29,35)(H2,37,38,39). The number of ether oxygens (including phenoxy) is 1. The topological polar surface area (TPSA) is 197 Å². The molecule has 5 N–H and O–H groups in total. The maximum Gasteiger partial charge on any atom is 0.471 e. The van der Waals surface area contributed by atoms with E-state index >= 15 is 0 Å². The number of fused-ring (bicyclic) bond motifs is 2. The molecule has 5 atom stereocenters. The lowest BCUT2D eigenvalue weighted by molar-refractivity contribution is -0.133. The van der Waals surface area contributed by atoms with E-state index in [1.165, 1.54) is 16.6 Å². The summed E-state index contributed by atoms with van der Waals surface area (Å²) in [6.07, 6.45) is 2.95. The molecule has 42 heavy (non-hydrogen) atoms. The average molecular weight is 607 g/mol. The van der Waals surface area contributed by atoms with Gasteiger partial charge in [0.2, 0.25) is 11.8 Å². The lowest BCUT2D eigenvalue weighted by Gasteiger charge is -2.29. The third-order valence-electron chi connectivity index (χ3n) is 8.66. The number of aromatic nitrogens is 1. The van der Waals surface area contributed by atoms with Crippen LogP contribution in [-0.4, -0.2) is 86.8 Å². The second-order valence-electron chi connectivity index (χ2n) is 11.1. The molecule has 15 heteroatoms. The van der Waals surface area contributed by atoms with Crippen molar-refractivity contribution in [1.29, 1.82) is 0 Å². The zero-order valence-corrected chi connectivity index (χ0v) is 24.0. The summed E-state index contributed by atoms with van der Waals surface area (Å²) in [6, 6.07) is 4.53. The van der Waals surface area contributed by atoms with Crippen LogP contribution in [0.2, 0.25) is 0 Å². The Morgan fingerprint density at radius 1 is 1.21 bits per heavy atom. The number of hydrogen-bond acceptors (Lipinski definition) is 8. The van der Waals surface area contributed by atoms with E-state index in [0.29, 0.717) is 36.0 Å². The molecule has 1 aromatic heterocycles. The molecule has 1 aromatic carbocycles. The van der Waals surface area contributed by atoms with Crippen LogP contribution in [0.1, 0.15) is 42.6 Å². The fraction of sp³-hybridized carbons (Fsp3) is 0.556. The van der Waals surface area contributed by atoms with Crippen molar-refractivity contribution in [2.75, 3.05) is 26.8 Å². The van der Waals surface area contributed by atoms with E-state index < -0.39 is 56.8 Å². The molecule has 3 heterocycles. The molecule has 1 saturated carbocycles. The number of phosphoric ester groups is 1. The van der Waals surface area contributed by atoms with E-state index in [4.69, 9.17) is 9.26 Å². The number of carbonyl (C=O) groups is 4. The summed E-state index contributed by atoms with van der Waals surface area (Å²) in [4.78, 5) is 72.9. The Morgan fingerprint density at radius 2 is 2.00 bits per heavy atom. The van der Waals surface area contributed by atoms with Gasteiger partial charge in [-0.3, -0.25) is 23.7 Å². The summed E-state index contributed by atoms with van der Waals surface area (Å²) < 4.78 is 23.1. The number of ketones is 1. The lowest BCUT2D eigenvalue weighted by Crippen LogP contribution is -2.53. The van der Waals surface area contributed by atoms with Crippen molar-refractivity contribution in [2.45, 2.75) is 50.9 Å². The number of amides is 3. The van der Waals surface area contributed by atoms with E-state index in [0.717, 1.165) is 12.8 Å². The van der Waals surface area contributed by atoms with Crippen LogP contribution in [0.15, 0.2) is 24.3 Å². The van der Waals surface area contributed by atoms with Crippen LogP contribution in [-0.2, 0) is 30.2 Å². The van der Waals surface area contributed by atoms with Crippen molar-refractivity contribution < 1.29 is 47.9 Å². The van der Waals surface area contributed by atoms with Gasteiger partial charge in [0.05, 0.1) is 18.7 Å². The van der Waals surface area contributed by atoms with Crippen LogP contribution in [0.25, 0.3) is 10.9 Å². The van der Waals surface area contributed by atoms with Crippen LogP contribution in [0.3, 0.4) is 0 Å². The third-order valence-corrected chi connectivity index (χ3v) is 9.12. The minimum Gasteiger partial charge on any atom is -0.496 e. The third kappa shape index (κ3) is 5.95. The lowest BCUT2D eigenvalue weighted by atomic mass is 9.92. The molecular formula is C27H35N4O10P. The summed E-state index contributed by atoms with van der Waals surface area (Å²) in [6.45, 7) is -0.684. The van der Waals surface area contributed by atoms with Gasteiger partial charge >= 0.3 is 7.82 Å². The Labute approximate surface area is 241 Å². The van der Waals surface area contributed by atoms with Crippen molar-refractivity contribution >= 4 is 42.2 Å². The number of hydrogen-bond donors (Lipinski definition) is 5. The average Bonchev–Trinajstić information content (AvgIpc) is 3.73. The van der Waals surface area contributed by atoms with Gasteiger partial charge in [-0.15, -0.1) is 0 Å². The highest BCUT2D eigenvalue weighted by Gasteiger charge is 2.50. The number of aliphatic hydroxyl groups excluding tert-OH is 1. The molecule has 2 aromatic rings. The van der Waals surface area contributed by atoms with Crippen molar-refractivity contribution in [3.63, 3.8) is 0 Å². The zero-order chi connectivity index (χ0) is 30.2. The van der Waals surface area contributed by atoms with E-state index in [9.17, 15) is 38.6 Å². The van der Waals surface area contributed by atoms with Crippen molar-refractivity contribution in [2.24, 2.45) is 17.8 Å². The number of nitrogens with zero attached hydrogens (tertiary/aromatic N) is 2. The first-order chi connectivity index (χ1) is 20.0. The van der Waals surface area contributed by atoms with Gasteiger partial charge in [-0.05, 0) is 55.7 Å². The molecule has 3 aliphatic rings. The molecule has 3 amide bonds. The van der Waals surface area contributed by atoms with Gasteiger partial charge in [-0.25, -0.2) is 4.57 Å². The number of likely N-dealkylation sites (tertiary alicyclic amines) is 1. The van der Waals surface area contributed by atoms with Gasteiger partial charge in [0.1, 0.15) is 30.8 Å². The number of benzene rings is 1. The Kier molecular flexibility index (Phi) is 8.72. The number of nitrogens with one attached hydrogen (secondary N) is 2. The molecule has 0 radical (unpaired) electrons. The van der Waals surface area contributed by atoms with Crippen molar-refractivity contribution in [3.05, 3.63) is 30.0 Å². The maximum absolute atomic E-state index is 14.2. The van der Waals surface area contributed by atoms with Crippen LogP contribution in [0, 0.1) is 17.8 Å². The summed E-state index contributed by atoms with van der Waals surface area (Å²) >= 11 is 0. The Hall–Kier alpha value is -3.29. The van der Waals surface area contributed by atoms with E-state index in [1.54, 1.807) is 24.3 Å². The van der Waals surface area contributed by atoms with Gasteiger partial charge < -0.3 is 39.7 Å². The highest BCUT2D eigenvalue weighted by molar-refractivity contribution is 7.46. The predicted molar refractivity (Wildman–Crippen MR) is 147 cm³/mol. The minimum atomic E-state index is -4.89. The van der Waals surface area contributed by atoms with Gasteiger partial charge in [0.15, 0.2) is 5.78 Å². The van der Waals surface area contributed by atoms with Crippen LogP contribution < -0.4 is 15.4 Å². The quantitative estimate of drug-likeness (QED) is 0.225. The predicted octanol–water partition coefficient (Wildman–Crippen LogP) is 0.530. The SMILES string of the molecule is COc1cccc2c1cc(C(=O)N1CC3CCCC3C1C(=O)NC(CC1CCNC1=O)C(=O)CO)n2COP(=O)(O)O. The second kappa shape index (κ2) is 12.1. The largest absolute Gasteiger partial charge is 0.496 e. The van der Waals surface area contributed by atoms with Crippen molar-refractivity contribution in [1.82, 2.24) is 20.1 Å². The number of rotatable bonds is 11. The molecule has 0 bridgehead atoms. The second-order valence-corrected chi connectivity index (χ2v) is 12.3. The highest BCUT2D eigenvalue weighted by Crippen LogP contribution is 2.44. The van der Waals surface area contributed by atoms with Gasteiger partial charge in [-0.2, -0.15) is 0 Å². The summed E-state index contributed by atoms with van der Waals surface area (Å²) in [7, 11) is -3.43. The molecule has 1 aliphatic carbocycles. The number of aliphatic hydroxyl groups is 1. The molecule has 14 nitrogen and oxygen atoms in total. The summed E-state index contributed by atoms with van der Waals surface area (Å²) in [5.74, 6) is -2.08. The number of carbonyl (C=O) groups excluding carboxylic acids is 4. The van der Waals surface area contributed by atoms with E-state index in [-0.39, 0.29) is 36.4 Å². The zero-order valence-electron chi connectivity index (χ0n) is 23.1. The number of phosphoric acid groups is 1. The van der Waals surface area contributed by atoms with Gasteiger partial charge in [-0.1, -0.05) is 12.5 Å². The fourth-order valence-electron chi connectivity index (χ4n) is 6.67. The molecule has 2 saturated heterocycles. The van der Waals surface area contributed by atoms with Crippen LogP contribution in [0.5, 0.6) is 5.75 Å². The van der Waals surface area contributed by atoms with Gasteiger partial charge in [0.25, 0.3) is 5.91 Å². The van der Waals surface area contributed by atoms with Crippen molar-refractivity contribution in [3.8, 4) is 5.75 Å². The van der Waals surface area contributed by atoms with Crippen LogP contribution >= 0.6 is 7.82 Å². The fourth-order valence-corrected chi connectivity index (χ4v) is 6.94. The molecule has 3 fully saturated rings. The Bertz CT molecular complexity index is 1440.